The third-order valence-corrected chi connectivity index (χ3v) is 5.44. The molecular weight excluding hydrogens is 335 g/mol. The topological polar surface area (TPSA) is 37.8 Å². The molecule has 0 radical (unpaired) electrons. The van der Waals surface area contributed by atoms with Gasteiger partial charge in [-0.15, -0.1) is 11.3 Å². The molecule has 1 aromatic carbocycles. The van der Waals surface area contributed by atoms with Gasteiger partial charge in [-0.05, 0) is 43.4 Å². The lowest BCUT2D eigenvalue weighted by molar-refractivity contribution is -0.136. The molecule has 2 aromatic heterocycles. The van der Waals surface area contributed by atoms with E-state index in [-0.39, 0.29) is 5.69 Å². The zero-order chi connectivity index (χ0) is 16.7. The number of para-hydroxylation sites is 1. The van der Waals surface area contributed by atoms with E-state index in [0.29, 0.717) is 5.82 Å². The van der Waals surface area contributed by atoms with Crippen LogP contribution in [0, 0.1) is 0 Å². The summed E-state index contributed by atoms with van der Waals surface area (Å²) in [7, 11) is 0. The monoisotopic (exact) mass is 349 g/mol. The number of thiophene rings is 1. The standard InChI is InChI=1S/C17H14F3N3S/c18-17(19,20)11-6-2-3-7-12(11)23-15-14-10-5-1-4-8-13(10)24-16(14)22-9-21-15/h2-3,6-7,9H,1,4-5,8H2,(H,21,22,23). The second-order valence-electron chi connectivity index (χ2n) is 5.78. The number of fused-ring (bicyclic) bond motifs is 3. The van der Waals surface area contributed by atoms with Gasteiger partial charge in [-0.2, -0.15) is 13.2 Å². The normalized spacial score (nSPS) is 14.6. The molecule has 0 spiro atoms. The van der Waals surface area contributed by atoms with E-state index in [1.807, 2.05) is 0 Å². The first-order valence-corrected chi connectivity index (χ1v) is 8.54. The Labute approximate surface area is 140 Å². The van der Waals surface area contributed by atoms with Gasteiger partial charge in [0, 0.05) is 4.88 Å². The maximum Gasteiger partial charge on any atom is 0.418 e. The molecule has 3 aromatic rings. The van der Waals surface area contributed by atoms with Gasteiger partial charge in [0.2, 0.25) is 0 Å². The minimum atomic E-state index is -4.41. The van der Waals surface area contributed by atoms with Crippen LogP contribution in [-0.4, -0.2) is 9.97 Å². The van der Waals surface area contributed by atoms with E-state index < -0.39 is 11.7 Å². The van der Waals surface area contributed by atoms with Crippen molar-refractivity contribution in [3.63, 3.8) is 0 Å². The molecule has 4 rings (SSSR count). The van der Waals surface area contributed by atoms with Crippen LogP contribution >= 0.6 is 11.3 Å². The average Bonchev–Trinajstić information content (AvgIpc) is 2.94. The van der Waals surface area contributed by atoms with Crippen LogP contribution in [0.25, 0.3) is 10.2 Å². The summed E-state index contributed by atoms with van der Waals surface area (Å²) in [5, 5.41) is 3.76. The van der Waals surface area contributed by atoms with Crippen LogP contribution in [0.1, 0.15) is 28.8 Å². The van der Waals surface area contributed by atoms with Crippen LogP contribution in [-0.2, 0) is 19.0 Å². The molecule has 0 amide bonds. The summed E-state index contributed by atoms with van der Waals surface area (Å²) in [6, 6.07) is 5.47. The van der Waals surface area contributed by atoms with Crippen molar-refractivity contribution in [3.8, 4) is 0 Å². The summed E-state index contributed by atoms with van der Waals surface area (Å²) < 4.78 is 39.6. The number of nitrogens with one attached hydrogen (secondary N) is 1. The number of alkyl halides is 3. The lowest BCUT2D eigenvalue weighted by Gasteiger charge is -2.15. The van der Waals surface area contributed by atoms with E-state index in [4.69, 9.17) is 0 Å². The predicted molar refractivity (Wildman–Crippen MR) is 88.8 cm³/mol. The molecule has 124 valence electrons. The van der Waals surface area contributed by atoms with Crippen molar-refractivity contribution in [2.24, 2.45) is 0 Å². The van der Waals surface area contributed by atoms with E-state index in [2.05, 4.69) is 15.3 Å². The lowest BCUT2D eigenvalue weighted by atomic mass is 9.97. The largest absolute Gasteiger partial charge is 0.418 e. The molecule has 3 nitrogen and oxygen atoms in total. The Hall–Kier alpha value is -2.15. The molecule has 0 aliphatic heterocycles. The molecule has 0 atom stereocenters. The number of aryl methyl sites for hydroxylation is 2. The molecule has 1 aliphatic carbocycles. The number of benzene rings is 1. The summed E-state index contributed by atoms with van der Waals surface area (Å²) in [6.45, 7) is 0. The highest BCUT2D eigenvalue weighted by Crippen LogP contribution is 2.40. The molecular formula is C17H14F3N3S. The summed E-state index contributed by atoms with van der Waals surface area (Å²) >= 11 is 1.62. The van der Waals surface area contributed by atoms with E-state index in [0.717, 1.165) is 42.0 Å². The predicted octanol–water partition coefficient (Wildman–Crippen LogP) is 5.33. The highest BCUT2D eigenvalue weighted by Gasteiger charge is 2.33. The van der Waals surface area contributed by atoms with Crippen molar-refractivity contribution in [1.29, 1.82) is 0 Å². The molecule has 1 N–H and O–H groups in total. The van der Waals surface area contributed by atoms with Gasteiger partial charge >= 0.3 is 6.18 Å². The zero-order valence-corrected chi connectivity index (χ0v) is 13.5. The van der Waals surface area contributed by atoms with E-state index in [9.17, 15) is 13.2 Å². The molecule has 0 unspecified atom stereocenters. The maximum absolute atomic E-state index is 13.2. The quantitative estimate of drug-likeness (QED) is 0.679. The fraction of sp³-hybridized carbons (Fsp3) is 0.294. The number of aromatic nitrogens is 2. The highest BCUT2D eigenvalue weighted by atomic mass is 32.1. The number of nitrogens with zero attached hydrogens (tertiary/aromatic N) is 2. The van der Waals surface area contributed by atoms with Crippen molar-refractivity contribution in [3.05, 3.63) is 46.6 Å². The Morgan fingerprint density at radius 3 is 2.67 bits per heavy atom. The molecule has 0 bridgehead atoms. The molecule has 1 aliphatic rings. The third kappa shape index (κ3) is 2.62. The van der Waals surface area contributed by atoms with E-state index in [1.165, 1.54) is 28.9 Å². The molecule has 7 heteroatoms. The molecule has 0 saturated heterocycles. The Morgan fingerprint density at radius 2 is 1.83 bits per heavy atom. The van der Waals surface area contributed by atoms with Crippen LogP contribution in [0.5, 0.6) is 0 Å². The van der Waals surface area contributed by atoms with Crippen LogP contribution < -0.4 is 5.32 Å². The number of hydrogen-bond acceptors (Lipinski definition) is 4. The van der Waals surface area contributed by atoms with Gasteiger partial charge in [-0.25, -0.2) is 9.97 Å². The number of rotatable bonds is 2. The van der Waals surface area contributed by atoms with Crippen LogP contribution in [0.4, 0.5) is 24.7 Å². The van der Waals surface area contributed by atoms with Gasteiger partial charge in [-0.1, -0.05) is 12.1 Å². The first kappa shape index (κ1) is 15.4. The second-order valence-corrected chi connectivity index (χ2v) is 6.87. The second kappa shape index (κ2) is 5.73. The van der Waals surface area contributed by atoms with Gasteiger partial charge in [0.1, 0.15) is 17.0 Å². The summed E-state index contributed by atoms with van der Waals surface area (Å²) in [4.78, 5) is 10.6. The minimum Gasteiger partial charge on any atom is -0.339 e. The van der Waals surface area contributed by atoms with Gasteiger partial charge < -0.3 is 5.32 Å². The van der Waals surface area contributed by atoms with E-state index >= 15 is 0 Å². The smallest absolute Gasteiger partial charge is 0.339 e. The third-order valence-electron chi connectivity index (χ3n) is 4.24. The fourth-order valence-corrected chi connectivity index (χ4v) is 4.38. The van der Waals surface area contributed by atoms with Crippen molar-refractivity contribution >= 4 is 33.1 Å². The Kier molecular flexibility index (Phi) is 3.68. The molecule has 24 heavy (non-hydrogen) atoms. The Bertz CT molecular complexity index is 902. The van der Waals surface area contributed by atoms with Gasteiger partial charge in [-0.3, -0.25) is 0 Å². The van der Waals surface area contributed by atoms with Gasteiger partial charge in [0.25, 0.3) is 0 Å². The van der Waals surface area contributed by atoms with Crippen molar-refractivity contribution in [2.75, 3.05) is 5.32 Å². The highest BCUT2D eigenvalue weighted by molar-refractivity contribution is 7.19. The average molecular weight is 349 g/mol. The van der Waals surface area contributed by atoms with Crippen LogP contribution in [0.2, 0.25) is 0 Å². The van der Waals surface area contributed by atoms with Crippen molar-refractivity contribution in [1.82, 2.24) is 9.97 Å². The first-order chi connectivity index (χ1) is 11.5. The number of hydrogen-bond donors (Lipinski definition) is 1. The molecule has 0 saturated carbocycles. The fourth-order valence-electron chi connectivity index (χ4n) is 3.15. The Morgan fingerprint density at radius 1 is 1.04 bits per heavy atom. The van der Waals surface area contributed by atoms with Gasteiger partial charge in [0.15, 0.2) is 0 Å². The summed E-state index contributed by atoms with van der Waals surface area (Å²) in [6.07, 6.45) is 1.17. The first-order valence-electron chi connectivity index (χ1n) is 7.72. The number of anilines is 2. The zero-order valence-electron chi connectivity index (χ0n) is 12.7. The van der Waals surface area contributed by atoms with Crippen LogP contribution in [0.3, 0.4) is 0 Å². The minimum absolute atomic E-state index is 0.0146. The SMILES string of the molecule is FC(F)(F)c1ccccc1Nc1ncnc2sc3c(c12)CCCC3. The van der Waals surface area contributed by atoms with Gasteiger partial charge in [0.05, 0.1) is 16.6 Å². The molecule has 2 heterocycles. The van der Waals surface area contributed by atoms with Crippen LogP contribution in [0.15, 0.2) is 30.6 Å². The van der Waals surface area contributed by atoms with Crippen molar-refractivity contribution < 1.29 is 13.2 Å². The lowest BCUT2D eigenvalue weighted by Crippen LogP contribution is -2.09. The summed E-state index contributed by atoms with van der Waals surface area (Å²) in [5.74, 6) is 0.455. The number of halogens is 3. The molecule has 0 fully saturated rings. The maximum atomic E-state index is 13.2. The van der Waals surface area contributed by atoms with E-state index in [1.54, 1.807) is 17.4 Å². The summed E-state index contributed by atoms with van der Waals surface area (Å²) in [5.41, 5.74) is 0.510. The van der Waals surface area contributed by atoms with Crippen molar-refractivity contribution in [2.45, 2.75) is 31.9 Å². The Balaban J connectivity index is 1.83.